The molecule has 0 radical (unpaired) electrons. The van der Waals surface area contributed by atoms with Gasteiger partial charge in [-0.25, -0.2) is 9.37 Å². The Kier molecular flexibility index (Phi) is 4.65. The highest BCUT2D eigenvalue weighted by atomic mass is 19.1. The lowest BCUT2D eigenvalue weighted by molar-refractivity contribution is 0.0951. The second-order valence-corrected chi connectivity index (χ2v) is 4.24. The molecule has 1 amide bonds. The number of carbonyl (C=O) groups is 1. The van der Waals surface area contributed by atoms with Crippen molar-refractivity contribution in [3.8, 4) is 0 Å². The van der Waals surface area contributed by atoms with Crippen molar-refractivity contribution in [3.05, 3.63) is 59.5 Å². The molecule has 0 aliphatic rings. The van der Waals surface area contributed by atoms with Crippen molar-refractivity contribution in [1.82, 2.24) is 10.3 Å². The van der Waals surface area contributed by atoms with Gasteiger partial charge >= 0.3 is 0 Å². The van der Waals surface area contributed by atoms with Gasteiger partial charge in [0.2, 0.25) is 0 Å². The minimum Gasteiger partial charge on any atom is -0.370 e. The second-order valence-electron chi connectivity index (χ2n) is 4.24. The zero-order valence-corrected chi connectivity index (χ0v) is 11.2. The lowest BCUT2D eigenvalue weighted by atomic mass is 10.2. The minimum atomic E-state index is -0.290. The summed E-state index contributed by atoms with van der Waals surface area (Å²) < 4.78 is 12.8. The molecule has 0 saturated heterocycles. The summed E-state index contributed by atoms with van der Waals surface area (Å²) in [5, 5.41) is 5.83. The zero-order valence-electron chi connectivity index (χ0n) is 11.2. The van der Waals surface area contributed by atoms with Crippen LogP contribution in [0.15, 0.2) is 42.6 Å². The maximum Gasteiger partial charge on any atom is 0.255 e. The molecule has 0 unspecified atom stereocenters. The molecule has 0 aliphatic carbocycles. The Labute approximate surface area is 117 Å². The quantitative estimate of drug-likeness (QED) is 0.880. The molecule has 20 heavy (non-hydrogen) atoms. The predicted molar refractivity (Wildman–Crippen MR) is 76.0 cm³/mol. The van der Waals surface area contributed by atoms with Gasteiger partial charge in [0.05, 0.1) is 5.56 Å². The molecule has 0 fully saturated rings. The zero-order chi connectivity index (χ0) is 14.4. The maximum atomic E-state index is 12.8. The topological polar surface area (TPSA) is 54.0 Å². The van der Waals surface area contributed by atoms with Gasteiger partial charge in [-0.1, -0.05) is 12.1 Å². The van der Waals surface area contributed by atoms with Crippen LogP contribution in [0.25, 0.3) is 0 Å². The number of halogens is 1. The molecule has 2 N–H and O–H groups in total. The van der Waals surface area contributed by atoms with Crippen LogP contribution < -0.4 is 10.6 Å². The van der Waals surface area contributed by atoms with Crippen molar-refractivity contribution in [2.75, 3.05) is 11.9 Å². The number of hydrogen-bond donors (Lipinski definition) is 2. The van der Waals surface area contributed by atoms with Crippen molar-refractivity contribution in [2.24, 2.45) is 0 Å². The Morgan fingerprint density at radius 3 is 2.70 bits per heavy atom. The molecule has 1 aromatic heterocycles. The van der Waals surface area contributed by atoms with Gasteiger partial charge in [-0.05, 0) is 36.8 Å². The fraction of sp³-hybridized carbons (Fsp3) is 0.200. The predicted octanol–water partition coefficient (Wildman–Crippen LogP) is 2.58. The Morgan fingerprint density at radius 2 is 2.00 bits per heavy atom. The van der Waals surface area contributed by atoms with Gasteiger partial charge in [-0.3, -0.25) is 4.79 Å². The number of nitrogens with one attached hydrogen (secondary N) is 2. The summed E-state index contributed by atoms with van der Waals surface area (Å²) in [4.78, 5) is 16.2. The molecule has 1 aromatic carbocycles. The standard InChI is InChI=1S/C15H16FN3O/c1-2-17-14-13(4-3-9-18-14)15(20)19-10-11-5-7-12(16)8-6-11/h3-9H,2,10H2,1H3,(H,17,18)(H,19,20). The number of pyridine rings is 1. The average Bonchev–Trinajstić information content (AvgIpc) is 2.47. The molecular weight excluding hydrogens is 257 g/mol. The van der Waals surface area contributed by atoms with Gasteiger partial charge in [0.15, 0.2) is 0 Å². The van der Waals surface area contributed by atoms with Crippen LogP contribution in [0.5, 0.6) is 0 Å². The molecule has 0 saturated carbocycles. The van der Waals surface area contributed by atoms with E-state index in [0.717, 1.165) is 5.56 Å². The van der Waals surface area contributed by atoms with Gasteiger partial charge in [0, 0.05) is 19.3 Å². The molecule has 0 spiro atoms. The highest BCUT2D eigenvalue weighted by Crippen LogP contribution is 2.11. The maximum absolute atomic E-state index is 12.8. The van der Waals surface area contributed by atoms with Crippen LogP contribution in [-0.2, 0) is 6.54 Å². The van der Waals surface area contributed by atoms with E-state index >= 15 is 0 Å². The van der Waals surface area contributed by atoms with E-state index < -0.39 is 0 Å². The van der Waals surface area contributed by atoms with Crippen LogP contribution in [0.4, 0.5) is 10.2 Å². The van der Waals surface area contributed by atoms with Crippen molar-refractivity contribution in [3.63, 3.8) is 0 Å². The lowest BCUT2D eigenvalue weighted by Crippen LogP contribution is -2.24. The van der Waals surface area contributed by atoms with Crippen molar-refractivity contribution < 1.29 is 9.18 Å². The number of benzene rings is 1. The van der Waals surface area contributed by atoms with Crippen molar-refractivity contribution in [2.45, 2.75) is 13.5 Å². The summed E-state index contributed by atoms with van der Waals surface area (Å²) in [6, 6.07) is 9.46. The molecular formula is C15H16FN3O. The number of aromatic nitrogens is 1. The summed E-state index contributed by atoms with van der Waals surface area (Å²) in [7, 11) is 0. The van der Waals surface area contributed by atoms with E-state index in [4.69, 9.17) is 0 Å². The van der Waals surface area contributed by atoms with Crippen molar-refractivity contribution in [1.29, 1.82) is 0 Å². The monoisotopic (exact) mass is 273 g/mol. The van der Waals surface area contributed by atoms with E-state index in [1.807, 2.05) is 6.92 Å². The normalized spacial score (nSPS) is 10.1. The number of anilines is 1. The van der Waals surface area contributed by atoms with Gasteiger partial charge in [0.1, 0.15) is 11.6 Å². The largest absolute Gasteiger partial charge is 0.370 e. The van der Waals surface area contributed by atoms with Crippen LogP contribution in [0.1, 0.15) is 22.8 Å². The summed E-state index contributed by atoms with van der Waals surface area (Å²) in [6.45, 7) is 2.98. The van der Waals surface area contributed by atoms with Gasteiger partial charge in [-0.15, -0.1) is 0 Å². The van der Waals surface area contributed by atoms with Crippen LogP contribution >= 0.6 is 0 Å². The highest BCUT2D eigenvalue weighted by Gasteiger charge is 2.11. The summed E-state index contributed by atoms with van der Waals surface area (Å²) in [5.41, 5.74) is 1.34. The lowest BCUT2D eigenvalue weighted by Gasteiger charge is -2.10. The first-order valence-corrected chi connectivity index (χ1v) is 6.42. The third kappa shape index (κ3) is 3.54. The molecule has 2 aromatic rings. The third-order valence-corrected chi connectivity index (χ3v) is 2.76. The van der Waals surface area contributed by atoms with Crippen LogP contribution in [0.2, 0.25) is 0 Å². The number of rotatable bonds is 5. The van der Waals surface area contributed by atoms with Crippen LogP contribution in [-0.4, -0.2) is 17.4 Å². The summed E-state index contributed by atoms with van der Waals surface area (Å²) >= 11 is 0. The number of hydrogen-bond acceptors (Lipinski definition) is 3. The van der Waals surface area contributed by atoms with E-state index in [0.29, 0.717) is 24.5 Å². The van der Waals surface area contributed by atoms with E-state index in [1.165, 1.54) is 12.1 Å². The Morgan fingerprint density at radius 1 is 1.25 bits per heavy atom. The van der Waals surface area contributed by atoms with Gasteiger partial charge < -0.3 is 10.6 Å². The van der Waals surface area contributed by atoms with Gasteiger partial charge in [-0.2, -0.15) is 0 Å². The fourth-order valence-corrected chi connectivity index (χ4v) is 1.78. The first kappa shape index (κ1) is 14.0. The molecule has 0 aliphatic heterocycles. The SMILES string of the molecule is CCNc1ncccc1C(=O)NCc1ccc(F)cc1. The fourth-order valence-electron chi connectivity index (χ4n) is 1.78. The minimum absolute atomic E-state index is 0.210. The summed E-state index contributed by atoms with van der Waals surface area (Å²) in [5.74, 6) is 0.0618. The Bertz CT molecular complexity index is 584. The van der Waals surface area contributed by atoms with E-state index in [2.05, 4.69) is 15.6 Å². The second kappa shape index (κ2) is 6.65. The Balaban J connectivity index is 2.03. The molecule has 104 valence electrons. The van der Waals surface area contributed by atoms with Crippen molar-refractivity contribution >= 4 is 11.7 Å². The number of amides is 1. The molecule has 4 nitrogen and oxygen atoms in total. The van der Waals surface area contributed by atoms with E-state index in [1.54, 1.807) is 30.5 Å². The third-order valence-electron chi connectivity index (χ3n) is 2.76. The average molecular weight is 273 g/mol. The number of nitrogens with zero attached hydrogens (tertiary/aromatic N) is 1. The highest BCUT2D eigenvalue weighted by molar-refractivity contribution is 5.98. The molecule has 0 atom stereocenters. The van der Waals surface area contributed by atoms with Crippen LogP contribution in [0.3, 0.4) is 0 Å². The molecule has 5 heteroatoms. The smallest absolute Gasteiger partial charge is 0.255 e. The van der Waals surface area contributed by atoms with Crippen LogP contribution in [0, 0.1) is 5.82 Å². The first-order valence-electron chi connectivity index (χ1n) is 6.42. The molecule has 2 rings (SSSR count). The van der Waals surface area contributed by atoms with E-state index in [-0.39, 0.29) is 11.7 Å². The van der Waals surface area contributed by atoms with Gasteiger partial charge in [0.25, 0.3) is 5.91 Å². The molecule has 0 bridgehead atoms. The first-order chi connectivity index (χ1) is 9.70. The Hall–Kier alpha value is -2.43. The molecule has 1 heterocycles. The number of carbonyl (C=O) groups excluding carboxylic acids is 1. The summed E-state index contributed by atoms with van der Waals surface area (Å²) in [6.07, 6.45) is 1.63. The van der Waals surface area contributed by atoms with E-state index in [9.17, 15) is 9.18 Å².